The summed E-state index contributed by atoms with van der Waals surface area (Å²) in [4.78, 5) is 13.4. The average molecular weight is 454 g/mol. The summed E-state index contributed by atoms with van der Waals surface area (Å²) < 4.78 is 5.99. The summed E-state index contributed by atoms with van der Waals surface area (Å²) >= 11 is 0. The van der Waals surface area contributed by atoms with Crippen LogP contribution in [0.2, 0.25) is 0 Å². The number of hydrogen-bond donors (Lipinski definition) is 3. The number of benzene rings is 3. The van der Waals surface area contributed by atoms with Crippen LogP contribution in [0.3, 0.4) is 0 Å². The van der Waals surface area contributed by atoms with Gasteiger partial charge in [-0.2, -0.15) is 20.1 Å². The number of nitrogens with one attached hydrogen (secondary N) is 3. The summed E-state index contributed by atoms with van der Waals surface area (Å²) in [5.41, 5.74) is 5.50. The van der Waals surface area contributed by atoms with Crippen LogP contribution in [0, 0.1) is 0 Å². The van der Waals surface area contributed by atoms with Gasteiger partial charge in [-0.3, -0.25) is 0 Å². The van der Waals surface area contributed by atoms with Gasteiger partial charge in [-0.1, -0.05) is 55.5 Å². The predicted octanol–water partition coefficient (Wildman–Crippen LogP) is 5.98. The van der Waals surface area contributed by atoms with Gasteiger partial charge in [0.15, 0.2) is 0 Å². The van der Waals surface area contributed by atoms with Crippen molar-refractivity contribution < 1.29 is 4.74 Å². The number of ether oxygens (including phenoxy) is 1. The molecule has 3 aromatic carbocycles. The van der Waals surface area contributed by atoms with Gasteiger partial charge in [0.25, 0.3) is 0 Å². The molecule has 0 radical (unpaired) electrons. The largest absolute Gasteiger partial charge is 0.490 e. The third-order valence-corrected chi connectivity index (χ3v) is 4.89. The van der Waals surface area contributed by atoms with Crippen LogP contribution in [-0.2, 0) is 0 Å². The first-order valence-electron chi connectivity index (χ1n) is 11.1. The first-order valence-corrected chi connectivity index (χ1v) is 11.1. The number of nitrogens with zero attached hydrogens (tertiary/aromatic N) is 4. The Morgan fingerprint density at radius 2 is 1.29 bits per heavy atom. The van der Waals surface area contributed by atoms with Crippen LogP contribution in [0.15, 0.2) is 90.0 Å². The van der Waals surface area contributed by atoms with Crippen molar-refractivity contribution in [1.29, 1.82) is 0 Å². The second-order valence-electron chi connectivity index (χ2n) is 7.53. The van der Waals surface area contributed by atoms with E-state index in [0.717, 1.165) is 29.1 Å². The van der Waals surface area contributed by atoms with Crippen LogP contribution in [0.4, 0.5) is 29.2 Å². The van der Waals surface area contributed by atoms with Crippen molar-refractivity contribution in [2.75, 3.05) is 16.1 Å². The van der Waals surface area contributed by atoms with E-state index >= 15 is 0 Å². The molecular weight excluding hydrogens is 426 g/mol. The summed E-state index contributed by atoms with van der Waals surface area (Å²) in [6, 6.07) is 27.2. The maximum Gasteiger partial charge on any atom is 0.250 e. The third kappa shape index (κ3) is 6.52. The molecule has 0 spiro atoms. The van der Waals surface area contributed by atoms with E-state index in [1.165, 1.54) is 0 Å². The van der Waals surface area contributed by atoms with Gasteiger partial charge in [-0.15, -0.1) is 0 Å². The van der Waals surface area contributed by atoms with Gasteiger partial charge in [0.05, 0.1) is 12.3 Å². The van der Waals surface area contributed by atoms with E-state index in [1.54, 1.807) is 6.21 Å². The zero-order valence-corrected chi connectivity index (χ0v) is 19.1. The fraction of sp³-hybridized carbons (Fsp3) is 0.154. The number of rotatable bonds is 10. The molecule has 0 amide bonds. The Kier molecular flexibility index (Phi) is 7.63. The highest BCUT2D eigenvalue weighted by Crippen LogP contribution is 2.20. The highest BCUT2D eigenvalue weighted by atomic mass is 16.5. The first kappa shape index (κ1) is 22.7. The summed E-state index contributed by atoms with van der Waals surface area (Å²) in [5, 5.41) is 10.7. The van der Waals surface area contributed by atoms with Gasteiger partial charge < -0.3 is 15.4 Å². The minimum atomic E-state index is 0.115. The molecule has 0 unspecified atom stereocenters. The Morgan fingerprint density at radius 3 is 1.88 bits per heavy atom. The van der Waals surface area contributed by atoms with Crippen LogP contribution in [-0.4, -0.2) is 27.3 Å². The second kappa shape index (κ2) is 11.4. The van der Waals surface area contributed by atoms with Crippen LogP contribution < -0.4 is 20.8 Å². The van der Waals surface area contributed by atoms with Crippen molar-refractivity contribution in [2.45, 2.75) is 26.4 Å². The molecule has 0 aliphatic rings. The smallest absolute Gasteiger partial charge is 0.250 e. The monoisotopic (exact) mass is 453 g/mol. The lowest BCUT2D eigenvalue weighted by Crippen LogP contribution is -2.11. The van der Waals surface area contributed by atoms with Crippen LogP contribution in [0.1, 0.15) is 25.8 Å². The van der Waals surface area contributed by atoms with Gasteiger partial charge >= 0.3 is 0 Å². The maximum atomic E-state index is 5.99. The fourth-order valence-corrected chi connectivity index (χ4v) is 2.99. The number of aromatic nitrogens is 3. The van der Waals surface area contributed by atoms with Crippen molar-refractivity contribution in [2.24, 2.45) is 5.10 Å². The number of para-hydroxylation sites is 3. The van der Waals surface area contributed by atoms with E-state index < -0.39 is 0 Å². The molecule has 3 N–H and O–H groups in total. The van der Waals surface area contributed by atoms with Gasteiger partial charge in [-0.25, -0.2) is 5.43 Å². The summed E-state index contributed by atoms with van der Waals surface area (Å²) in [7, 11) is 0. The van der Waals surface area contributed by atoms with Crippen molar-refractivity contribution in [3.05, 3.63) is 90.5 Å². The Hall–Kier alpha value is -4.46. The van der Waals surface area contributed by atoms with Crippen LogP contribution in [0.5, 0.6) is 5.75 Å². The summed E-state index contributed by atoms with van der Waals surface area (Å²) in [6.45, 7) is 4.13. The molecule has 0 bridgehead atoms. The molecule has 4 aromatic rings. The highest BCUT2D eigenvalue weighted by Gasteiger charge is 2.08. The van der Waals surface area contributed by atoms with Gasteiger partial charge in [0, 0.05) is 16.9 Å². The van der Waals surface area contributed by atoms with Crippen molar-refractivity contribution >= 4 is 35.4 Å². The van der Waals surface area contributed by atoms with Crippen molar-refractivity contribution in [3.8, 4) is 5.75 Å². The first-order chi connectivity index (χ1) is 16.7. The van der Waals surface area contributed by atoms with E-state index in [-0.39, 0.29) is 6.10 Å². The molecule has 0 saturated heterocycles. The molecule has 1 heterocycles. The summed E-state index contributed by atoms with van der Waals surface area (Å²) in [6.07, 6.45) is 2.73. The average Bonchev–Trinajstić information content (AvgIpc) is 2.86. The van der Waals surface area contributed by atoms with E-state index in [1.807, 2.05) is 91.9 Å². The topological polar surface area (TPSA) is 96.4 Å². The van der Waals surface area contributed by atoms with E-state index in [9.17, 15) is 0 Å². The minimum absolute atomic E-state index is 0.115. The zero-order valence-electron chi connectivity index (χ0n) is 19.1. The number of hydrogen-bond acceptors (Lipinski definition) is 8. The molecule has 0 saturated carbocycles. The maximum absolute atomic E-state index is 5.99. The van der Waals surface area contributed by atoms with Gasteiger partial charge in [-0.05, 0) is 49.7 Å². The molecule has 8 nitrogen and oxygen atoms in total. The van der Waals surface area contributed by atoms with E-state index in [2.05, 4.69) is 43.0 Å². The molecular formula is C26H27N7O. The summed E-state index contributed by atoms with van der Waals surface area (Å²) in [5.74, 6) is 1.84. The SMILES string of the molecule is CC[C@@H](C)Oc1ccccc1/C=N\Nc1nc(Nc2ccccc2)nc(Nc2ccccc2)n1. The number of hydrazone groups is 1. The number of anilines is 5. The molecule has 172 valence electrons. The molecule has 8 heteroatoms. The highest BCUT2D eigenvalue weighted by molar-refractivity contribution is 5.83. The molecule has 0 aliphatic carbocycles. The standard InChI is InChI=1S/C26H27N7O/c1-3-19(2)34-23-17-11-10-12-20(23)18-27-33-26-31-24(28-21-13-6-4-7-14-21)30-25(32-26)29-22-15-8-5-9-16-22/h4-19H,3H2,1-2H3,(H3,28,29,30,31,32,33)/b27-18-/t19-/m1/s1. The molecule has 0 fully saturated rings. The Labute approximate surface area is 199 Å². The van der Waals surface area contributed by atoms with Gasteiger partial charge in [0.2, 0.25) is 17.8 Å². The predicted molar refractivity (Wildman–Crippen MR) is 137 cm³/mol. The molecule has 34 heavy (non-hydrogen) atoms. The molecule has 0 aliphatic heterocycles. The van der Waals surface area contributed by atoms with Crippen molar-refractivity contribution in [3.63, 3.8) is 0 Å². The lowest BCUT2D eigenvalue weighted by molar-refractivity contribution is 0.217. The van der Waals surface area contributed by atoms with Crippen LogP contribution >= 0.6 is 0 Å². The normalized spacial score (nSPS) is 11.7. The quantitative estimate of drug-likeness (QED) is 0.201. The Morgan fingerprint density at radius 1 is 0.765 bits per heavy atom. The fourth-order valence-electron chi connectivity index (χ4n) is 2.99. The lowest BCUT2D eigenvalue weighted by Gasteiger charge is -2.14. The molecule has 4 rings (SSSR count). The van der Waals surface area contributed by atoms with Crippen molar-refractivity contribution in [1.82, 2.24) is 15.0 Å². The molecule has 1 atom stereocenters. The Bertz CT molecular complexity index is 1160. The second-order valence-corrected chi connectivity index (χ2v) is 7.53. The van der Waals surface area contributed by atoms with E-state index in [4.69, 9.17) is 4.74 Å². The minimum Gasteiger partial charge on any atom is -0.490 e. The third-order valence-electron chi connectivity index (χ3n) is 4.89. The van der Waals surface area contributed by atoms with Crippen LogP contribution in [0.25, 0.3) is 0 Å². The zero-order chi connectivity index (χ0) is 23.6. The Balaban J connectivity index is 1.55. The van der Waals surface area contributed by atoms with E-state index in [0.29, 0.717) is 17.8 Å². The van der Waals surface area contributed by atoms with Gasteiger partial charge in [0.1, 0.15) is 5.75 Å². The molecule has 1 aromatic heterocycles. The lowest BCUT2D eigenvalue weighted by atomic mass is 10.2.